The summed E-state index contributed by atoms with van der Waals surface area (Å²) >= 11 is 0. The summed E-state index contributed by atoms with van der Waals surface area (Å²) in [6.45, 7) is 6.45. The van der Waals surface area contributed by atoms with Crippen molar-refractivity contribution in [1.29, 1.82) is 0 Å². The molecule has 0 unspecified atom stereocenters. The van der Waals surface area contributed by atoms with E-state index in [9.17, 15) is 9.59 Å². The first-order chi connectivity index (χ1) is 12.5. The highest BCUT2D eigenvalue weighted by atomic mass is 16.5. The van der Waals surface area contributed by atoms with Gasteiger partial charge in [0.25, 0.3) is 5.56 Å². The molecule has 1 amide bonds. The van der Waals surface area contributed by atoms with Gasteiger partial charge in [0.05, 0.1) is 11.1 Å². The minimum Gasteiger partial charge on any atom is -0.360 e. The monoisotopic (exact) mass is 354 g/mol. The molecule has 0 aliphatic heterocycles. The number of aryl methyl sites for hydroxylation is 4. The molecule has 0 radical (unpaired) electrons. The molecule has 0 bridgehead atoms. The third-order valence-electron chi connectivity index (χ3n) is 4.28. The van der Waals surface area contributed by atoms with Gasteiger partial charge in [0.1, 0.15) is 5.76 Å². The van der Waals surface area contributed by atoms with Crippen molar-refractivity contribution in [2.45, 2.75) is 46.7 Å². The zero-order chi connectivity index (χ0) is 18.7. The van der Waals surface area contributed by atoms with E-state index in [1.807, 2.05) is 38.1 Å². The Bertz CT molecular complexity index is 1000. The van der Waals surface area contributed by atoms with Gasteiger partial charge < -0.3 is 9.84 Å². The van der Waals surface area contributed by atoms with Crippen molar-refractivity contribution in [2.24, 2.45) is 0 Å². The molecule has 0 aliphatic carbocycles. The molecule has 7 nitrogen and oxygen atoms in total. The number of hydrogen-bond acceptors (Lipinski definition) is 5. The second-order valence-corrected chi connectivity index (χ2v) is 6.45. The molecule has 7 heteroatoms. The van der Waals surface area contributed by atoms with Crippen molar-refractivity contribution < 1.29 is 9.32 Å². The fourth-order valence-electron chi connectivity index (χ4n) is 3.00. The van der Waals surface area contributed by atoms with Crippen LogP contribution in [-0.4, -0.2) is 20.8 Å². The molecule has 0 saturated carbocycles. The molecule has 0 fully saturated rings. The van der Waals surface area contributed by atoms with Gasteiger partial charge in [-0.25, -0.2) is 4.68 Å². The molecule has 2 aromatic heterocycles. The average molecular weight is 354 g/mol. The number of nitrogens with one attached hydrogen (secondary N) is 1. The van der Waals surface area contributed by atoms with Gasteiger partial charge in [0, 0.05) is 19.5 Å². The van der Waals surface area contributed by atoms with Crippen molar-refractivity contribution >= 4 is 16.8 Å². The van der Waals surface area contributed by atoms with E-state index in [0.29, 0.717) is 48.3 Å². The number of aromatic nitrogens is 3. The van der Waals surface area contributed by atoms with E-state index in [1.54, 1.807) is 6.92 Å². The first-order valence-electron chi connectivity index (χ1n) is 8.61. The Labute approximate surface area is 151 Å². The molecule has 3 rings (SSSR count). The molecular weight excluding hydrogens is 332 g/mol. The summed E-state index contributed by atoms with van der Waals surface area (Å²) in [6.07, 6.45) is 0.850. The third kappa shape index (κ3) is 3.82. The molecule has 0 spiro atoms. The maximum Gasteiger partial charge on any atom is 0.296 e. The van der Waals surface area contributed by atoms with Crippen molar-refractivity contribution in [1.82, 2.24) is 20.3 Å². The molecular formula is C19H22N4O3. The van der Waals surface area contributed by atoms with Crippen LogP contribution < -0.4 is 10.9 Å². The predicted octanol–water partition coefficient (Wildman–Crippen LogP) is 2.41. The van der Waals surface area contributed by atoms with E-state index in [0.717, 1.165) is 11.1 Å². The Morgan fingerprint density at radius 3 is 2.85 bits per heavy atom. The van der Waals surface area contributed by atoms with Gasteiger partial charge in [-0.1, -0.05) is 35.0 Å². The quantitative estimate of drug-likeness (QED) is 0.734. The van der Waals surface area contributed by atoms with Crippen molar-refractivity contribution in [2.75, 3.05) is 0 Å². The van der Waals surface area contributed by atoms with Gasteiger partial charge in [-0.05, 0) is 32.8 Å². The lowest BCUT2D eigenvalue weighted by molar-refractivity contribution is -0.121. The van der Waals surface area contributed by atoms with E-state index < -0.39 is 0 Å². The normalized spacial score (nSPS) is 11.0. The van der Waals surface area contributed by atoms with Gasteiger partial charge in [0.2, 0.25) is 5.91 Å². The van der Waals surface area contributed by atoms with Crippen LogP contribution in [-0.2, 0) is 17.9 Å². The first-order valence-corrected chi connectivity index (χ1v) is 8.61. The molecule has 3 aromatic rings. The summed E-state index contributed by atoms with van der Waals surface area (Å²) in [7, 11) is 0. The third-order valence-corrected chi connectivity index (χ3v) is 4.28. The summed E-state index contributed by atoms with van der Waals surface area (Å²) in [5.74, 6) is 0.541. The Hall–Kier alpha value is -2.96. The van der Waals surface area contributed by atoms with Crippen LogP contribution in [0.2, 0.25) is 0 Å². The summed E-state index contributed by atoms with van der Waals surface area (Å²) in [6, 6.07) is 8.01. The number of amides is 1. The Kier molecular flexibility index (Phi) is 5.16. The van der Waals surface area contributed by atoms with Crippen molar-refractivity contribution in [3.05, 3.63) is 57.2 Å². The van der Waals surface area contributed by atoms with E-state index in [1.165, 1.54) is 4.68 Å². The number of nitrogens with zero attached hydrogens (tertiary/aromatic N) is 3. The van der Waals surface area contributed by atoms with Crippen LogP contribution in [0.4, 0.5) is 0 Å². The smallest absolute Gasteiger partial charge is 0.296 e. The second kappa shape index (κ2) is 7.51. The molecule has 1 N–H and O–H groups in total. The minimum absolute atomic E-state index is 0.0466. The molecule has 1 aromatic carbocycles. The molecule has 136 valence electrons. The lowest BCUT2D eigenvalue weighted by Gasteiger charge is -2.08. The average Bonchev–Trinajstić information content (AvgIpc) is 3.00. The molecule has 0 saturated heterocycles. The highest BCUT2D eigenvalue weighted by Gasteiger charge is 2.15. The maximum absolute atomic E-state index is 12.4. The zero-order valence-electron chi connectivity index (χ0n) is 15.2. The largest absolute Gasteiger partial charge is 0.360 e. The van der Waals surface area contributed by atoms with Gasteiger partial charge >= 0.3 is 0 Å². The van der Waals surface area contributed by atoms with E-state index in [-0.39, 0.29) is 11.5 Å². The van der Waals surface area contributed by atoms with Crippen LogP contribution >= 0.6 is 0 Å². The van der Waals surface area contributed by atoms with Gasteiger partial charge in [-0.15, -0.1) is 0 Å². The summed E-state index contributed by atoms with van der Waals surface area (Å²) in [4.78, 5) is 24.4. The zero-order valence-corrected chi connectivity index (χ0v) is 15.2. The number of hydrogen-bond donors (Lipinski definition) is 1. The number of carbonyl (C=O) groups is 1. The van der Waals surface area contributed by atoms with E-state index in [2.05, 4.69) is 15.6 Å². The van der Waals surface area contributed by atoms with Crippen LogP contribution in [0.1, 0.15) is 35.4 Å². The van der Waals surface area contributed by atoms with Gasteiger partial charge in [-0.3, -0.25) is 9.59 Å². The maximum atomic E-state index is 12.4. The Morgan fingerprint density at radius 1 is 1.27 bits per heavy atom. The Morgan fingerprint density at radius 2 is 2.08 bits per heavy atom. The van der Waals surface area contributed by atoms with Gasteiger partial charge in [0.15, 0.2) is 5.52 Å². The molecule has 0 atom stereocenters. The number of fused-ring (bicyclic) bond motifs is 1. The number of benzene rings is 1. The topological polar surface area (TPSA) is 90.0 Å². The molecule has 0 aliphatic rings. The number of rotatable bonds is 6. The van der Waals surface area contributed by atoms with E-state index in [4.69, 9.17) is 4.52 Å². The fraction of sp³-hybridized carbons (Fsp3) is 0.368. The van der Waals surface area contributed by atoms with Gasteiger partial charge in [-0.2, -0.15) is 5.10 Å². The lowest BCUT2D eigenvalue weighted by atomic mass is 10.1. The number of carbonyl (C=O) groups excluding carboxylic acids is 1. The van der Waals surface area contributed by atoms with Crippen molar-refractivity contribution in [3.63, 3.8) is 0 Å². The standard InChI is InChI=1S/C19H22N4O3/c1-12-6-4-7-15(10-12)11-20-16(24)8-5-9-23-19(25)18-17(13(2)21-23)14(3)26-22-18/h4,6-7,10H,5,8-9,11H2,1-3H3,(H,20,24). The van der Waals surface area contributed by atoms with Crippen LogP contribution in [0.5, 0.6) is 0 Å². The highest BCUT2D eigenvalue weighted by Crippen LogP contribution is 2.16. The van der Waals surface area contributed by atoms with E-state index >= 15 is 0 Å². The summed E-state index contributed by atoms with van der Waals surface area (Å²) < 4.78 is 6.44. The summed E-state index contributed by atoms with van der Waals surface area (Å²) in [5.41, 5.74) is 2.93. The summed E-state index contributed by atoms with van der Waals surface area (Å²) in [5, 5.41) is 11.7. The lowest BCUT2D eigenvalue weighted by Crippen LogP contribution is -2.26. The first kappa shape index (κ1) is 17.8. The van der Waals surface area contributed by atoms with Crippen LogP contribution in [0.25, 0.3) is 10.9 Å². The molecule has 26 heavy (non-hydrogen) atoms. The van der Waals surface area contributed by atoms with Crippen LogP contribution in [0.15, 0.2) is 33.6 Å². The molecule has 2 heterocycles. The highest BCUT2D eigenvalue weighted by molar-refractivity contribution is 5.81. The van der Waals surface area contributed by atoms with Crippen molar-refractivity contribution in [3.8, 4) is 0 Å². The SMILES string of the molecule is Cc1cccc(CNC(=O)CCCn2nc(C)c3c(C)onc3c2=O)c1. The fourth-order valence-corrected chi connectivity index (χ4v) is 3.00. The minimum atomic E-state index is -0.289. The Balaban J connectivity index is 1.56. The second-order valence-electron chi connectivity index (χ2n) is 6.45. The van der Waals surface area contributed by atoms with Crippen LogP contribution in [0.3, 0.4) is 0 Å². The predicted molar refractivity (Wildman–Crippen MR) is 97.8 cm³/mol. The van der Waals surface area contributed by atoms with Crippen LogP contribution in [0, 0.1) is 20.8 Å².